The van der Waals surface area contributed by atoms with Crippen LogP contribution in [0, 0.1) is 0 Å². The van der Waals surface area contributed by atoms with Gasteiger partial charge in [0.15, 0.2) is 0 Å². The van der Waals surface area contributed by atoms with E-state index in [9.17, 15) is 4.79 Å². The fourth-order valence-corrected chi connectivity index (χ4v) is 4.24. The first-order valence-corrected chi connectivity index (χ1v) is 11.8. The molecule has 184 valence electrons. The minimum atomic E-state index is -0.127. The minimum absolute atomic E-state index is 0.127. The topological polar surface area (TPSA) is 113 Å². The first-order valence-electron chi connectivity index (χ1n) is 11.8. The van der Waals surface area contributed by atoms with Gasteiger partial charge >= 0.3 is 5.69 Å². The predicted molar refractivity (Wildman–Crippen MR) is 133 cm³/mol. The number of hydrogen-bond acceptors (Lipinski definition) is 7. The summed E-state index contributed by atoms with van der Waals surface area (Å²) in [5.41, 5.74) is 8.87. The number of rotatable bonds is 7. The van der Waals surface area contributed by atoms with E-state index in [4.69, 9.17) is 24.7 Å². The van der Waals surface area contributed by atoms with Gasteiger partial charge in [0.05, 0.1) is 29.1 Å². The number of para-hydroxylation sites is 2. The highest BCUT2D eigenvalue weighted by molar-refractivity contribution is 5.81. The number of fused-ring (bicyclic) bond motifs is 1. The molecule has 5 rings (SSSR count). The van der Waals surface area contributed by atoms with Crippen LogP contribution in [0.3, 0.4) is 0 Å². The van der Waals surface area contributed by atoms with E-state index >= 15 is 0 Å². The first-order chi connectivity index (χ1) is 16.6. The fraction of sp³-hybridized carbons (Fsp3) is 0.480. The van der Waals surface area contributed by atoms with Crippen molar-refractivity contribution in [3.05, 3.63) is 46.9 Å². The smallest absolute Gasteiger partial charge is 0.326 e. The number of nitrogens with two attached hydrogens (primary N) is 1. The van der Waals surface area contributed by atoms with Crippen molar-refractivity contribution in [3.63, 3.8) is 0 Å². The van der Waals surface area contributed by atoms with E-state index in [1.807, 2.05) is 43.4 Å². The Morgan fingerprint density at radius 1 is 1.03 bits per heavy atom. The molecule has 4 N–H and O–H groups in total. The number of imidazole rings is 1. The van der Waals surface area contributed by atoms with Gasteiger partial charge in [0, 0.05) is 27.3 Å². The zero-order valence-corrected chi connectivity index (χ0v) is 19.8. The maximum Gasteiger partial charge on any atom is 0.326 e. The van der Waals surface area contributed by atoms with E-state index in [0.29, 0.717) is 18.9 Å². The summed E-state index contributed by atoms with van der Waals surface area (Å²) >= 11 is 0. The van der Waals surface area contributed by atoms with Crippen LogP contribution in [0.4, 0.5) is 11.4 Å². The second-order valence-electron chi connectivity index (χ2n) is 8.50. The van der Waals surface area contributed by atoms with Gasteiger partial charge in [-0.15, -0.1) is 0 Å². The van der Waals surface area contributed by atoms with Gasteiger partial charge in [-0.3, -0.25) is 4.57 Å². The molecule has 0 spiro atoms. The minimum Gasteiger partial charge on any atom is -0.489 e. The average molecular weight is 471 g/mol. The van der Waals surface area contributed by atoms with Crippen LogP contribution in [0.25, 0.3) is 11.0 Å². The molecule has 2 aliphatic heterocycles. The molecule has 2 saturated heterocycles. The number of ether oxygens (including phenoxy) is 4. The highest BCUT2D eigenvalue weighted by Crippen LogP contribution is 2.30. The Hall–Kier alpha value is -3.17. The van der Waals surface area contributed by atoms with Gasteiger partial charge in [0.1, 0.15) is 30.2 Å². The third-order valence-electron chi connectivity index (χ3n) is 6.09. The SMILES string of the molecule is CNc1c(N)cccc1OC[C@@H]1CCCO1.Cn1c(=O)[nH]c2cccc(OC[C@@H]3CCCO3)c21. The molecule has 0 bridgehead atoms. The molecule has 0 amide bonds. The van der Waals surface area contributed by atoms with Gasteiger partial charge in [-0.25, -0.2) is 4.79 Å². The lowest BCUT2D eigenvalue weighted by molar-refractivity contribution is 0.0682. The second-order valence-corrected chi connectivity index (χ2v) is 8.50. The number of nitrogens with zero attached hydrogens (tertiary/aromatic N) is 1. The first kappa shape index (κ1) is 24.0. The summed E-state index contributed by atoms with van der Waals surface area (Å²) < 4.78 is 24.1. The molecule has 2 fully saturated rings. The van der Waals surface area contributed by atoms with Crippen LogP contribution < -0.4 is 26.2 Å². The highest BCUT2D eigenvalue weighted by Gasteiger charge is 2.18. The Morgan fingerprint density at radius 2 is 1.65 bits per heavy atom. The lowest BCUT2D eigenvalue weighted by atomic mass is 10.2. The molecule has 0 radical (unpaired) electrons. The van der Waals surface area contributed by atoms with Crippen molar-refractivity contribution in [1.29, 1.82) is 0 Å². The number of aromatic amines is 1. The van der Waals surface area contributed by atoms with E-state index in [1.54, 1.807) is 11.6 Å². The number of H-pyrrole nitrogens is 1. The van der Waals surface area contributed by atoms with Gasteiger partial charge in [-0.2, -0.15) is 0 Å². The number of benzene rings is 2. The van der Waals surface area contributed by atoms with Gasteiger partial charge < -0.3 is 35.0 Å². The monoisotopic (exact) mass is 470 g/mol. The van der Waals surface area contributed by atoms with E-state index < -0.39 is 0 Å². The van der Waals surface area contributed by atoms with Crippen LogP contribution in [0.15, 0.2) is 41.2 Å². The van der Waals surface area contributed by atoms with Crippen molar-refractivity contribution in [1.82, 2.24) is 9.55 Å². The fourth-order valence-electron chi connectivity index (χ4n) is 4.24. The normalized spacial score (nSPS) is 19.6. The molecule has 0 saturated carbocycles. The molecule has 2 aliphatic rings. The van der Waals surface area contributed by atoms with Crippen LogP contribution in [-0.4, -0.2) is 55.2 Å². The van der Waals surface area contributed by atoms with Crippen molar-refractivity contribution < 1.29 is 18.9 Å². The molecule has 0 aliphatic carbocycles. The van der Waals surface area contributed by atoms with Gasteiger partial charge in [-0.05, 0) is 49.9 Å². The number of hydrogen-bond donors (Lipinski definition) is 3. The largest absolute Gasteiger partial charge is 0.489 e. The molecule has 2 atom stereocenters. The molecule has 3 aromatic rings. The van der Waals surface area contributed by atoms with Crippen molar-refractivity contribution in [2.75, 3.05) is 44.5 Å². The van der Waals surface area contributed by atoms with Crippen molar-refractivity contribution in [2.45, 2.75) is 37.9 Å². The average Bonchev–Trinajstić information content (AvgIpc) is 3.60. The number of nitrogen functional groups attached to an aromatic ring is 1. The maximum absolute atomic E-state index is 11.6. The summed E-state index contributed by atoms with van der Waals surface area (Å²) in [5, 5.41) is 3.05. The number of aryl methyl sites for hydroxylation is 1. The van der Waals surface area contributed by atoms with E-state index in [0.717, 1.165) is 67.1 Å². The summed E-state index contributed by atoms with van der Waals surface area (Å²) in [7, 11) is 3.57. The summed E-state index contributed by atoms with van der Waals surface area (Å²) in [6.07, 6.45) is 4.76. The van der Waals surface area contributed by atoms with E-state index in [2.05, 4.69) is 10.3 Å². The van der Waals surface area contributed by atoms with Gasteiger partial charge in [0.2, 0.25) is 0 Å². The molecule has 3 heterocycles. The molecular weight excluding hydrogens is 436 g/mol. The third kappa shape index (κ3) is 5.66. The van der Waals surface area contributed by atoms with Crippen LogP contribution in [-0.2, 0) is 16.5 Å². The predicted octanol–water partition coefficient (Wildman–Crippen LogP) is 3.29. The second kappa shape index (κ2) is 11.3. The molecule has 9 nitrogen and oxygen atoms in total. The van der Waals surface area contributed by atoms with E-state index in [-0.39, 0.29) is 17.9 Å². The Bertz CT molecular complexity index is 1130. The lowest BCUT2D eigenvalue weighted by Gasteiger charge is -2.15. The Labute approximate surface area is 199 Å². The standard InChI is InChI=1S/C13H16N2O3.C12H18N2O2/c1-15-12-10(14-13(15)16)5-2-6-11(12)18-8-9-4-3-7-17-9;1-14-12-10(13)5-2-6-11(12)16-8-9-4-3-7-15-9/h2,5-6,9H,3-4,7-8H2,1H3,(H,14,16);2,5-6,9,14H,3-4,7-8,13H2,1H3/t2*9-/m00/s1. The summed E-state index contributed by atoms with van der Waals surface area (Å²) in [6, 6.07) is 11.3. The van der Waals surface area contributed by atoms with Gasteiger partial charge in [-0.1, -0.05) is 12.1 Å². The van der Waals surface area contributed by atoms with E-state index in [1.165, 1.54) is 0 Å². The number of nitrogens with one attached hydrogen (secondary N) is 2. The van der Waals surface area contributed by atoms with Crippen molar-refractivity contribution in [2.24, 2.45) is 7.05 Å². The Balaban J connectivity index is 0.000000162. The Kier molecular flexibility index (Phi) is 7.97. The van der Waals surface area contributed by atoms with Gasteiger partial charge in [0.25, 0.3) is 0 Å². The quantitative estimate of drug-likeness (QED) is 0.454. The number of aromatic nitrogens is 2. The van der Waals surface area contributed by atoms with Crippen LogP contribution in [0.1, 0.15) is 25.7 Å². The maximum atomic E-state index is 11.6. The van der Waals surface area contributed by atoms with Crippen molar-refractivity contribution in [3.8, 4) is 11.5 Å². The highest BCUT2D eigenvalue weighted by atomic mass is 16.5. The number of anilines is 2. The van der Waals surface area contributed by atoms with Crippen LogP contribution >= 0.6 is 0 Å². The van der Waals surface area contributed by atoms with Crippen LogP contribution in [0.5, 0.6) is 11.5 Å². The summed E-state index contributed by atoms with van der Waals surface area (Å²) in [6.45, 7) is 2.81. The molecule has 0 unspecified atom stereocenters. The molecule has 9 heteroatoms. The summed E-state index contributed by atoms with van der Waals surface area (Å²) in [4.78, 5) is 14.4. The third-order valence-corrected chi connectivity index (χ3v) is 6.09. The molecule has 34 heavy (non-hydrogen) atoms. The summed E-state index contributed by atoms with van der Waals surface area (Å²) in [5.74, 6) is 1.52. The lowest BCUT2D eigenvalue weighted by Crippen LogP contribution is -2.17. The molecule has 2 aromatic carbocycles. The van der Waals surface area contributed by atoms with Crippen molar-refractivity contribution >= 4 is 22.4 Å². The zero-order chi connectivity index (χ0) is 23.9. The Morgan fingerprint density at radius 3 is 2.26 bits per heavy atom. The molecule has 1 aromatic heterocycles. The zero-order valence-electron chi connectivity index (χ0n) is 19.8. The van der Waals surface area contributed by atoms with Crippen LogP contribution in [0.2, 0.25) is 0 Å². The molecular formula is C25H34N4O5.